The number of nitrogens with one attached hydrogen (secondary N) is 1. The number of hydrogen-bond acceptors (Lipinski definition) is 7. The molecule has 0 aromatic carbocycles. The van der Waals surface area contributed by atoms with Crippen molar-refractivity contribution in [3.63, 3.8) is 0 Å². The van der Waals surface area contributed by atoms with E-state index in [0.29, 0.717) is 6.54 Å². The minimum atomic E-state index is 0.140. The first-order chi connectivity index (χ1) is 11.8. The standard InChI is InChI=1S/C16H20N6O2/c1-12-2-3-14(24-12)13(21-6-8-23-9-7-21)10-17-15-4-5-16-19-18-11-22(16)20-15/h2-5,11,13H,6-10H2,1H3,(H,17,20)/t13-/m1/s1. The molecule has 8 nitrogen and oxygen atoms in total. The summed E-state index contributed by atoms with van der Waals surface area (Å²) in [4.78, 5) is 2.38. The van der Waals surface area contributed by atoms with Crippen LogP contribution in [0.4, 0.5) is 5.82 Å². The molecule has 3 aromatic heterocycles. The van der Waals surface area contributed by atoms with E-state index in [0.717, 1.165) is 49.3 Å². The average molecular weight is 328 g/mol. The molecule has 24 heavy (non-hydrogen) atoms. The summed E-state index contributed by atoms with van der Waals surface area (Å²) in [5.74, 6) is 2.67. The fourth-order valence-corrected chi connectivity index (χ4v) is 2.96. The molecule has 3 aromatic rings. The predicted molar refractivity (Wildman–Crippen MR) is 87.8 cm³/mol. The van der Waals surface area contributed by atoms with E-state index in [1.165, 1.54) is 0 Å². The summed E-state index contributed by atoms with van der Waals surface area (Å²) < 4.78 is 13.0. The third kappa shape index (κ3) is 3.10. The lowest BCUT2D eigenvalue weighted by molar-refractivity contribution is 0.0143. The molecule has 1 saturated heterocycles. The van der Waals surface area contributed by atoms with Gasteiger partial charge in [-0.05, 0) is 31.2 Å². The number of aryl methyl sites for hydroxylation is 1. The quantitative estimate of drug-likeness (QED) is 0.760. The molecule has 1 fully saturated rings. The van der Waals surface area contributed by atoms with Gasteiger partial charge in [-0.15, -0.1) is 15.3 Å². The Labute approximate surface area is 139 Å². The number of morpholine rings is 1. The lowest BCUT2D eigenvalue weighted by Crippen LogP contribution is -2.41. The van der Waals surface area contributed by atoms with Gasteiger partial charge in [-0.1, -0.05) is 0 Å². The largest absolute Gasteiger partial charge is 0.465 e. The number of rotatable bonds is 5. The van der Waals surface area contributed by atoms with Crippen LogP contribution in [0.5, 0.6) is 0 Å². The normalized spacial score (nSPS) is 17.2. The van der Waals surface area contributed by atoms with Gasteiger partial charge < -0.3 is 14.5 Å². The SMILES string of the molecule is Cc1ccc([C@@H](CNc2ccc3nncn3n2)N2CCOCC2)o1. The highest BCUT2D eigenvalue weighted by molar-refractivity contribution is 5.43. The minimum Gasteiger partial charge on any atom is -0.465 e. The Morgan fingerprint density at radius 1 is 1.21 bits per heavy atom. The Hall–Kier alpha value is -2.45. The first kappa shape index (κ1) is 15.1. The molecule has 0 radical (unpaired) electrons. The van der Waals surface area contributed by atoms with Gasteiger partial charge in [0.15, 0.2) is 5.65 Å². The van der Waals surface area contributed by atoms with E-state index in [-0.39, 0.29) is 6.04 Å². The van der Waals surface area contributed by atoms with Crippen LogP contribution in [0.2, 0.25) is 0 Å². The summed E-state index contributed by atoms with van der Waals surface area (Å²) in [5.41, 5.74) is 0.729. The maximum Gasteiger partial charge on any atom is 0.177 e. The molecule has 1 aliphatic rings. The van der Waals surface area contributed by atoms with Crippen LogP contribution < -0.4 is 5.32 Å². The second-order valence-corrected chi connectivity index (χ2v) is 5.85. The third-order valence-corrected chi connectivity index (χ3v) is 4.21. The zero-order valence-corrected chi connectivity index (χ0v) is 13.6. The third-order valence-electron chi connectivity index (χ3n) is 4.21. The highest BCUT2D eigenvalue weighted by Gasteiger charge is 2.25. The zero-order valence-electron chi connectivity index (χ0n) is 13.6. The van der Waals surface area contributed by atoms with E-state index < -0.39 is 0 Å². The molecule has 0 amide bonds. The average Bonchev–Trinajstić information content (AvgIpc) is 3.24. The number of fused-ring (bicyclic) bond motifs is 1. The van der Waals surface area contributed by atoms with E-state index in [1.807, 2.05) is 31.2 Å². The molecule has 0 unspecified atom stereocenters. The maximum absolute atomic E-state index is 5.88. The van der Waals surface area contributed by atoms with Crippen LogP contribution in [0.1, 0.15) is 17.6 Å². The lowest BCUT2D eigenvalue weighted by Gasteiger charge is -2.33. The smallest absolute Gasteiger partial charge is 0.177 e. The minimum absolute atomic E-state index is 0.140. The van der Waals surface area contributed by atoms with Gasteiger partial charge in [-0.3, -0.25) is 4.90 Å². The van der Waals surface area contributed by atoms with Crippen molar-refractivity contribution in [2.45, 2.75) is 13.0 Å². The molecule has 1 N–H and O–H groups in total. The Kier molecular flexibility index (Phi) is 4.14. The van der Waals surface area contributed by atoms with Crippen LogP contribution >= 0.6 is 0 Å². The molecular formula is C16H20N6O2. The molecule has 8 heteroatoms. The molecule has 4 rings (SSSR count). The van der Waals surface area contributed by atoms with Gasteiger partial charge in [0.1, 0.15) is 23.7 Å². The monoisotopic (exact) mass is 328 g/mol. The van der Waals surface area contributed by atoms with Crippen LogP contribution in [0, 0.1) is 6.92 Å². The molecule has 126 valence electrons. The fourth-order valence-electron chi connectivity index (χ4n) is 2.96. The zero-order chi connectivity index (χ0) is 16.4. The van der Waals surface area contributed by atoms with E-state index in [9.17, 15) is 0 Å². The highest BCUT2D eigenvalue weighted by atomic mass is 16.5. The van der Waals surface area contributed by atoms with Crippen molar-refractivity contribution in [2.24, 2.45) is 0 Å². The van der Waals surface area contributed by atoms with Gasteiger partial charge in [0.05, 0.1) is 19.3 Å². The number of furan rings is 1. The number of nitrogens with zero attached hydrogens (tertiary/aromatic N) is 5. The Morgan fingerprint density at radius 2 is 2.08 bits per heavy atom. The number of aromatic nitrogens is 4. The first-order valence-corrected chi connectivity index (χ1v) is 8.09. The van der Waals surface area contributed by atoms with Crippen LogP contribution in [-0.2, 0) is 4.74 Å². The number of hydrogen-bond donors (Lipinski definition) is 1. The molecule has 0 aliphatic carbocycles. The van der Waals surface area contributed by atoms with E-state index >= 15 is 0 Å². The van der Waals surface area contributed by atoms with E-state index in [4.69, 9.17) is 9.15 Å². The van der Waals surface area contributed by atoms with Crippen LogP contribution in [-0.4, -0.2) is 57.6 Å². The summed E-state index contributed by atoms with van der Waals surface area (Å²) in [6.45, 7) is 5.96. The molecule has 4 heterocycles. The molecule has 1 atom stereocenters. The van der Waals surface area contributed by atoms with E-state index in [2.05, 4.69) is 25.5 Å². The fraction of sp³-hybridized carbons (Fsp3) is 0.438. The second kappa shape index (κ2) is 6.58. The number of anilines is 1. The second-order valence-electron chi connectivity index (χ2n) is 5.85. The van der Waals surface area contributed by atoms with Crippen LogP contribution in [0.25, 0.3) is 5.65 Å². The van der Waals surface area contributed by atoms with Crippen molar-refractivity contribution in [1.29, 1.82) is 0 Å². The molecule has 0 saturated carbocycles. The maximum atomic E-state index is 5.88. The Balaban J connectivity index is 1.52. The summed E-state index contributed by atoms with van der Waals surface area (Å²) in [5, 5.41) is 15.7. The van der Waals surface area contributed by atoms with Crippen LogP contribution in [0.3, 0.4) is 0 Å². The van der Waals surface area contributed by atoms with Gasteiger partial charge in [0.2, 0.25) is 0 Å². The summed E-state index contributed by atoms with van der Waals surface area (Å²) in [7, 11) is 0. The van der Waals surface area contributed by atoms with Gasteiger partial charge in [0.25, 0.3) is 0 Å². The summed E-state index contributed by atoms with van der Waals surface area (Å²) >= 11 is 0. The van der Waals surface area contributed by atoms with Gasteiger partial charge >= 0.3 is 0 Å². The van der Waals surface area contributed by atoms with Crippen molar-refractivity contribution in [1.82, 2.24) is 24.7 Å². The topological polar surface area (TPSA) is 80.7 Å². The Bertz CT molecular complexity index is 808. The van der Waals surface area contributed by atoms with Crippen molar-refractivity contribution in [3.8, 4) is 0 Å². The lowest BCUT2D eigenvalue weighted by atomic mass is 10.1. The first-order valence-electron chi connectivity index (χ1n) is 8.09. The van der Waals surface area contributed by atoms with Gasteiger partial charge in [-0.2, -0.15) is 4.52 Å². The molecule has 1 aliphatic heterocycles. The predicted octanol–water partition coefficient (Wildman–Crippen LogP) is 1.51. The van der Waals surface area contributed by atoms with Gasteiger partial charge in [0, 0.05) is 19.6 Å². The van der Waals surface area contributed by atoms with Crippen molar-refractivity contribution in [3.05, 3.63) is 42.1 Å². The van der Waals surface area contributed by atoms with Crippen molar-refractivity contribution in [2.75, 3.05) is 38.2 Å². The molecule has 0 bridgehead atoms. The van der Waals surface area contributed by atoms with Crippen molar-refractivity contribution < 1.29 is 9.15 Å². The molecule has 0 spiro atoms. The van der Waals surface area contributed by atoms with Crippen molar-refractivity contribution >= 4 is 11.5 Å². The Morgan fingerprint density at radius 3 is 2.88 bits per heavy atom. The summed E-state index contributed by atoms with van der Waals surface area (Å²) in [6.07, 6.45) is 1.59. The van der Waals surface area contributed by atoms with Crippen LogP contribution in [0.15, 0.2) is 35.0 Å². The highest BCUT2D eigenvalue weighted by Crippen LogP contribution is 2.24. The summed E-state index contributed by atoms with van der Waals surface area (Å²) in [6, 6.07) is 8.00. The van der Waals surface area contributed by atoms with Gasteiger partial charge in [-0.25, -0.2) is 0 Å². The molecular weight excluding hydrogens is 308 g/mol. The van der Waals surface area contributed by atoms with E-state index in [1.54, 1.807) is 10.8 Å². The number of ether oxygens (including phenoxy) is 1.